The molecule has 1 aliphatic rings. The molecule has 0 radical (unpaired) electrons. The number of piperazine rings is 1. The second-order valence-corrected chi connectivity index (χ2v) is 9.97. The lowest BCUT2D eigenvalue weighted by atomic mass is 10.0. The summed E-state index contributed by atoms with van der Waals surface area (Å²) in [5.74, 6) is 1.43. The summed E-state index contributed by atoms with van der Waals surface area (Å²) < 4.78 is 45.6. The van der Waals surface area contributed by atoms with E-state index in [9.17, 15) is 18.0 Å². The van der Waals surface area contributed by atoms with Crippen LogP contribution in [0.4, 0.5) is 24.1 Å². The molecule has 0 bridgehead atoms. The molecule has 12 heteroatoms. The predicted molar refractivity (Wildman–Crippen MR) is 140 cm³/mol. The lowest BCUT2D eigenvalue weighted by Gasteiger charge is -2.38. The third-order valence-electron chi connectivity index (χ3n) is 6.41. The minimum Gasteiger partial charge on any atom is -0.437 e. The molecule has 0 spiro atoms. The molecule has 1 saturated heterocycles. The normalized spacial score (nSPS) is 15.4. The van der Waals surface area contributed by atoms with Gasteiger partial charge >= 0.3 is 6.18 Å². The number of para-hydroxylation sites is 1. The summed E-state index contributed by atoms with van der Waals surface area (Å²) in [4.78, 5) is 28.9. The van der Waals surface area contributed by atoms with Crippen LogP contribution in [0.25, 0.3) is 10.2 Å². The number of thiazole rings is 1. The number of hydrogen-bond donors (Lipinski definition) is 1. The predicted octanol–water partition coefficient (Wildman–Crippen LogP) is 5.74. The average Bonchev–Trinajstić information content (AvgIpc) is 3.31. The lowest BCUT2D eigenvalue weighted by Crippen LogP contribution is -2.47. The molecule has 0 saturated carbocycles. The Hall–Kier alpha value is -3.77. The molecular formula is C26H25F3N6O2S. The highest BCUT2D eigenvalue weighted by molar-refractivity contribution is 7.22. The number of hydrogen-bond acceptors (Lipinski definition) is 8. The van der Waals surface area contributed by atoms with Gasteiger partial charge in [0.05, 0.1) is 10.3 Å². The monoisotopic (exact) mass is 542 g/mol. The molecule has 5 rings (SSSR count). The van der Waals surface area contributed by atoms with Gasteiger partial charge in [-0.25, -0.2) is 15.0 Å². The van der Waals surface area contributed by atoms with E-state index in [2.05, 4.69) is 30.1 Å². The number of rotatable bonds is 6. The number of nitrogens with zero attached hydrogens (tertiary/aromatic N) is 5. The number of carbonyl (C=O) groups excluding carboxylic acids is 1. The van der Waals surface area contributed by atoms with E-state index in [-0.39, 0.29) is 11.9 Å². The van der Waals surface area contributed by atoms with Gasteiger partial charge < -0.3 is 15.0 Å². The Labute approximate surface area is 221 Å². The molecule has 1 fully saturated rings. The fourth-order valence-electron chi connectivity index (χ4n) is 4.38. The zero-order valence-corrected chi connectivity index (χ0v) is 21.5. The third kappa shape index (κ3) is 5.70. The van der Waals surface area contributed by atoms with E-state index in [4.69, 9.17) is 4.74 Å². The zero-order chi connectivity index (χ0) is 26.9. The van der Waals surface area contributed by atoms with Crippen LogP contribution in [0, 0.1) is 0 Å². The molecule has 2 aromatic heterocycles. The Balaban J connectivity index is 1.24. The molecule has 0 unspecified atom stereocenters. The minimum absolute atomic E-state index is 0.00953. The van der Waals surface area contributed by atoms with Crippen LogP contribution in [0.2, 0.25) is 0 Å². The number of carbonyl (C=O) groups is 1. The quantitative estimate of drug-likeness (QED) is 0.333. The lowest BCUT2D eigenvalue weighted by molar-refractivity contribution is -0.137. The van der Waals surface area contributed by atoms with Crippen LogP contribution in [-0.4, -0.2) is 51.9 Å². The average molecular weight is 543 g/mol. The number of benzene rings is 2. The summed E-state index contributed by atoms with van der Waals surface area (Å²) in [7, 11) is 0. The Kier molecular flexibility index (Phi) is 7.17. The van der Waals surface area contributed by atoms with Crippen LogP contribution in [0.1, 0.15) is 31.0 Å². The molecule has 198 valence electrons. The van der Waals surface area contributed by atoms with Gasteiger partial charge in [-0.05, 0) is 36.8 Å². The molecule has 1 amide bonds. The number of alkyl halides is 3. The van der Waals surface area contributed by atoms with Crippen molar-refractivity contribution in [2.24, 2.45) is 0 Å². The highest BCUT2D eigenvalue weighted by atomic mass is 32.1. The maximum absolute atomic E-state index is 12.9. The van der Waals surface area contributed by atoms with E-state index < -0.39 is 11.7 Å². The van der Waals surface area contributed by atoms with Crippen molar-refractivity contribution >= 4 is 38.4 Å². The molecule has 8 nitrogen and oxygen atoms in total. The molecule has 2 aromatic carbocycles. The van der Waals surface area contributed by atoms with E-state index in [0.717, 1.165) is 41.3 Å². The third-order valence-corrected chi connectivity index (χ3v) is 7.35. The fraction of sp³-hybridized carbons (Fsp3) is 0.308. The Morgan fingerprint density at radius 3 is 2.50 bits per heavy atom. The highest BCUT2D eigenvalue weighted by Gasteiger charge is 2.30. The van der Waals surface area contributed by atoms with Crippen molar-refractivity contribution in [3.05, 3.63) is 66.0 Å². The van der Waals surface area contributed by atoms with Crippen LogP contribution < -0.4 is 15.0 Å². The van der Waals surface area contributed by atoms with E-state index >= 15 is 0 Å². The van der Waals surface area contributed by atoms with Crippen molar-refractivity contribution in [2.45, 2.75) is 26.1 Å². The second kappa shape index (κ2) is 10.5. The highest BCUT2D eigenvalue weighted by Crippen LogP contribution is 2.35. The van der Waals surface area contributed by atoms with E-state index in [1.54, 1.807) is 24.3 Å². The summed E-state index contributed by atoms with van der Waals surface area (Å²) in [5, 5.41) is 3.19. The summed E-state index contributed by atoms with van der Waals surface area (Å²) in [6.45, 7) is 6.29. The molecule has 0 aliphatic carbocycles. The van der Waals surface area contributed by atoms with Crippen LogP contribution in [0.15, 0.2) is 54.9 Å². The standard InChI is InChI=1S/C26H25F3N6O2S/c1-16(18-6-8-19(9-7-18)26(27,28)29)34-10-12-35(13-11-34)22-14-23(31-15-30-22)37-20-4-3-5-21-24(20)33-25(38-21)32-17(2)36/h3-9,14-16H,10-13H2,1-2H3,(H,32,33,36)/t16-/m1/s1. The number of amides is 1. The van der Waals surface area contributed by atoms with Crippen molar-refractivity contribution < 1.29 is 22.7 Å². The van der Waals surface area contributed by atoms with Crippen LogP contribution >= 0.6 is 11.3 Å². The van der Waals surface area contributed by atoms with Gasteiger partial charge in [-0.2, -0.15) is 13.2 Å². The summed E-state index contributed by atoms with van der Waals surface area (Å²) in [5.41, 5.74) is 0.841. The number of ether oxygens (including phenoxy) is 1. The number of aromatic nitrogens is 3. The zero-order valence-electron chi connectivity index (χ0n) is 20.7. The van der Waals surface area contributed by atoms with Gasteiger partial charge in [0.1, 0.15) is 17.7 Å². The molecule has 38 heavy (non-hydrogen) atoms. The van der Waals surface area contributed by atoms with Crippen molar-refractivity contribution in [3.63, 3.8) is 0 Å². The Morgan fingerprint density at radius 2 is 1.82 bits per heavy atom. The Morgan fingerprint density at radius 1 is 1.08 bits per heavy atom. The molecule has 1 atom stereocenters. The SMILES string of the molecule is CC(=O)Nc1nc2c(Oc3cc(N4CCN([C@H](C)c5ccc(C(F)(F)F)cc5)CC4)ncn3)cccc2s1. The van der Waals surface area contributed by atoms with Gasteiger partial charge in [0.15, 0.2) is 10.9 Å². The molecular weight excluding hydrogens is 517 g/mol. The van der Waals surface area contributed by atoms with Crippen molar-refractivity contribution in [2.75, 3.05) is 36.4 Å². The largest absolute Gasteiger partial charge is 0.437 e. The van der Waals surface area contributed by atoms with E-state index in [0.29, 0.717) is 35.4 Å². The molecule has 1 aliphatic heterocycles. The van der Waals surface area contributed by atoms with Crippen molar-refractivity contribution in [1.29, 1.82) is 0 Å². The second-order valence-electron chi connectivity index (χ2n) is 8.94. The van der Waals surface area contributed by atoms with Gasteiger partial charge in [0.25, 0.3) is 0 Å². The number of fused-ring (bicyclic) bond motifs is 1. The van der Waals surface area contributed by atoms with E-state index in [1.807, 2.05) is 19.1 Å². The molecule has 1 N–H and O–H groups in total. The van der Waals surface area contributed by atoms with Crippen LogP contribution in [-0.2, 0) is 11.0 Å². The van der Waals surface area contributed by atoms with Gasteiger partial charge in [-0.15, -0.1) is 0 Å². The fourth-order valence-corrected chi connectivity index (χ4v) is 5.31. The number of anilines is 2. The van der Waals surface area contributed by atoms with Gasteiger partial charge in [-0.3, -0.25) is 9.69 Å². The molecule has 3 heterocycles. The number of nitrogens with one attached hydrogen (secondary N) is 1. The Bertz CT molecular complexity index is 1440. The number of halogens is 3. The maximum atomic E-state index is 12.9. The molecule has 4 aromatic rings. The van der Waals surface area contributed by atoms with Crippen molar-refractivity contribution in [3.8, 4) is 11.6 Å². The summed E-state index contributed by atoms with van der Waals surface area (Å²) >= 11 is 1.36. The van der Waals surface area contributed by atoms with Gasteiger partial charge in [0.2, 0.25) is 11.8 Å². The van der Waals surface area contributed by atoms with E-state index in [1.165, 1.54) is 24.6 Å². The first kappa shape index (κ1) is 25.9. The van der Waals surface area contributed by atoms with Gasteiger partial charge in [0, 0.05) is 45.2 Å². The first-order valence-electron chi connectivity index (χ1n) is 12.0. The topological polar surface area (TPSA) is 83.5 Å². The minimum atomic E-state index is -4.34. The van der Waals surface area contributed by atoms with Crippen molar-refractivity contribution in [1.82, 2.24) is 19.9 Å². The van der Waals surface area contributed by atoms with Crippen LogP contribution in [0.3, 0.4) is 0 Å². The van der Waals surface area contributed by atoms with Gasteiger partial charge in [-0.1, -0.05) is 29.5 Å². The smallest absolute Gasteiger partial charge is 0.416 e. The first-order chi connectivity index (χ1) is 18.2. The van der Waals surface area contributed by atoms with Crippen LogP contribution in [0.5, 0.6) is 11.6 Å². The first-order valence-corrected chi connectivity index (χ1v) is 12.8. The summed E-state index contributed by atoms with van der Waals surface area (Å²) in [6.07, 6.45) is -2.89. The summed E-state index contributed by atoms with van der Waals surface area (Å²) in [6, 6.07) is 12.7. The maximum Gasteiger partial charge on any atom is 0.416 e.